The van der Waals surface area contributed by atoms with Crippen LogP contribution in [0.25, 0.3) is 0 Å². The van der Waals surface area contributed by atoms with E-state index in [1.807, 2.05) is 0 Å². The van der Waals surface area contributed by atoms with Crippen LogP contribution in [0.4, 0.5) is 4.79 Å². The number of hydrogen-bond acceptors (Lipinski definition) is 6. The molecule has 4 aliphatic carbocycles. The third kappa shape index (κ3) is 3.53. The molecule has 9 heteroatoms. The minimum Gasteiger partial charge on any atom is -0.477 e. The maximum Gasteiger partial charge on any atom is 0.328 e. The molecule has 4 saturated carbocycles. The van der Waals surface area contributed by atoms with E-state index >= 15 is 0 Å². The molecule has 5 aliphatic rings. The summed E-state index contributed by atoms with van der Waals surface area (Å²) in [5.74, 6) is 2.69. The summed E-state index contributed by atoms with van der Waals surface area (Å²) in [7, 11) is -4.02. The normalized spacial score (nSPS) is 36.8. The van der Waals surface area contributed by atoms with E-state index in [1.165, 1.54) is 18.4 Å². The molecule has 0 aromatic carbocycles. The molecule has 27 heavy (non-hydrogen) atoms. The third-order valence-corrected chi connectivity index (χ3v) is 8.05. The number of carbonyl (C=O) groups excluding carboxylic acids is 1. The Kier molecular flexibility index (Phi) is 4.82. The van der Waals surface area contributed by atoms with Crippen molar-refractivity contribution < 1.29 is 17.9 Å². The largest absolute Gasteiger partial charge is 0.477 e. The van der Waals surface area contributed by atoms with Crippen molar-refractivity contribution in [2.45, 2.75) is 51.5 Å². The van der Waals surface area contributed by atoms with Gasteiger partial charge in [-0.15, -0.1) is 0 Å². The van der Waals surface area contributed by atoms with Gasteiger partial charge in [-0.25, -0.2) is 22.9 Å². The van der Waals surface area contributed by atoms with E-state index in [4.69, 9.17) is 4.74 Å². The van der Waals surface area contributed by atoms with Gasteiger partial charge in [0.25, 0.3) is 10.0 Å². The van der Waals surface area contributed by atoms with Crippen molar-refractivity contribution in [1.29, 1.82) is 0 Å². The standard InChI is InChI=1S/C18H28N4O4S/c1-11(17-22(19-2)4-3-5-26-17)27(24,25)21-18(23)20-16-14-7-12-6-13(9-14)10-15(16)8-12/h12-16H,2-10H2,1H3,(H2,20,21,23)/b17-11-. The molecule has 0 radical (unpaired) electrons. The molecule has 1 aliphatic heterocycles. The van der Waals surface area contributed by atoms with Gasteiger partial charge in [0.1, 0.15) is 4.91 Å². The summed E-state index contributed by atoms with van der Waals surface area (Å²) in [6.07, 6.45) is 6.68. The number of allylic oxidation sites excluding steroid dienone is 1. The van der Waals surface area contributed by atoms with Gasteiger partial charge in [0.05, 0.1) is 6.61 Å². The van der Waals surface area contributed by atoms with Crippen LogP contribution in [0.2, 0.25) is 0 Å². The number of ether oxygens (including phenoxy) is 1. The molecular formula is C18H28N4O4S. The molecule has 0 aromatic heterocycles. The lowest BCUT2D eigenvalue weighted by Crippen LogP contribution is -2.58. The van der Waals surface area contributed by atoms with Crippen LogP contribution < -0.4 is 10.0 Å². The first-order valence-electron chi connectivity index (χ1n) is 9.78. The highest BCUT2D eigenvalue weighted by Crippen LogP contribution is 2.53. The molecule has 2 N–H and O–H groups in total. The van der Waals surface area contributed by atoms with Crippen LogP contribution in [0.5, 0.6) is 0 Å². The molecule has 0 unspecified atom stereocenters. The predicted molar refractivity (Wildman–Crippen MR) is 101 cm³/mol. The summed E-state index contributed by atoms with van der Waals surface area (Å²) in [6.45, 7) is 5.80. The van der Waals surface area contributed by atoms with Crippen LogP contribution in [0.3, 0.4) is 0 Å². The maximum atomic E-state index is 12.7. The average Bonchev–Trinajstić information content (AvgIpc) is 2.63. The van der Waals surface area contributed by atoms with Crippen molar-refractivity contribution in [1.82, 2.24) is 15.0 Å². The first kappa shape index (κ1) is 18.6. The first-order valence-corrected chi connectivity index (χ1v) is 11.3. The lowest BCUT2D eigenvalue weighted by Gasteiger charge is -2.54. The third-order valence-electron chi connectivity index (χ3n) is 6.61. The summed E-state index contributed by atoms with van der Waals surface area (Å²) < 4.78 is 32.9. The number of nitrogens with one attached hydrogen (secondary N) is 2. The Morgan fingerprint density at radius 2 is 1.81 bits per heavy atom. The quantitative estimate of drug-likeness (QED) is 0.708. The van der Waals surface area contributed by atoms with Gasteiger partial charge < -0.3 is 10.1 Å². The van der Waals surface area contributed by atoms with Crippen LogP contribution in [0, 0.1) is 23.7 Å². The van der Waals surface area contributed by atoms with Crippen LogP contribution in [0.15, 0.2) is 15.9 Å². The van der Waals surface area contributed by atoms with Gasteiger partial charge in [0, 0.05) is 25.7 Å². The van der Waals surface area contributed by atoms with Crippen molar-refractivity contribution in [3.63, 3.8) is 0 Å². The van der Waals surface area contributed by atoms with Crippen LogP contribution in [-0.2, 0) is 14.8 Å². The van der Waals surface area contributed by atoms with E-state index in [0.717, 1.165) is 43.9 Å². The number of hydrazone groups is 1. The summed E-state index contributed by atoms with van der Waals surface area (Å²) in [6, 6.07) is -0.570. The maximum absolute atomic E-state index is 12.7. The number of nitrogens with zero attached hydrogens (tertiary/aromatic N) is 2. The summed E-state index contributed by atoms with van der Waals surface area (Å²) in [5.41, 5.74) is 0. The SMILES string of the molecule is C=NN1CCCO/C1=C(/C)S(=O)(=O)NC(=O)NC1C2CC3CC(C2)CC1C3. The van der Waals surface area contributed by atoms with Gasteiger partial charge in [0.15, 0.2) is 0 Å². The van der Waals surface area contributed by atoms with Gasteiger partial charge in [-0.1, -0.05) is 0 Å². The van der Waals surface area contributed by atoms with E-state index in [0.29, 0.717) is 25.0 Å². The second kappa shape index (κ2) is 7.00. The Morgan fingerprint density at radius 3 is 2.41 bits per heavy atom. The minimum absolute atomic E-state index is 0.0603. The number of sulfonamides is 1. The Hall–Kier alpha value is -1.77. The van der Waals surface area contributed by atoms with Gasteiger partial charge in [-0.05, 0) is 62.7 Å². The van der Waals surface area contributed by atoms with Gasteiger partial charge in [0.2, 0.25) is 5.88 Å². The van der Waals surface area contributed by atoms with Crippen LogP contribution in [0.1, 0.15) is 45.4 Å². The average molecular weight is 397 g/mol. The highest BCUT2D eigenvalue weighted by molar-refractivity contribution is 7.93. The second-order valence-corrected chi connectivity index (χ2v) is 10.2. The Bertz CT molecular complexity index is 735. The van der Waals surface area contributed by atoms with Gasteiger partial charge >= 0.3 is 6.03 Å². The number of carbonyl (C=O) groups is 1. The van der Waals surface area contributed by atoms with E-state index in [9.17, 15) is 13.2 Å². The van der Waals surface area contributed by atoms with Crippen molar-refractivity contribution in [2.75, 3.05) is 13.2 Å². The zero-order valence-electron chi connectivity index (χ0n) is 15.7. The Morgan fingerprint density at radius 1 is 1.19 bits per heavy atom. The summed E-state index contributed by atoms with van der Waals surface area (Å²) in [4.78, 5) is 12.4. The van der Waals surface area contributed by atoms with E-state index in [1.54, 1.807) is 0 Å². The molecule has 0 spiro atoms. The fraction of sp³-hybridized carbons (Fsp3) is 0.778. The molecule has 8 nitrogen and oxygen atoms in total. The molecule has 0 aromatic rings. The number of amides is 2. The van der Waals surface area contributed by atoms with Crippen molar-refractivity contribution in [3.05, 3.63) is 10.8 Å². The van der Waals surface area contributed by atoms with Gasteiger partial charge in [-0.3, -0.25) is 0 Å². The Balaban J connectivity index is 1.43. The van der Waals surface area contributed by atoms with Crippen LogP contribution in [-0.4, -0.2) is 45.4 Å². The summed E-state index contributed by atoms with van der Waals surface area (Å²) in [5, 5.41) is 8.16. The highest BCUT2D eigenvalue weighted by Gasteiger charge is 2.48. The first-order chi connectivity index (χ1) is 12.9. The fourth-order valence-electron chi connectivity index (χ4n) is 5.63. The molecule has 4 bridgehead atoms. The molecule has 5 fully saturated rings. The van der Waals surface area contributed by atoms with Crippen molar-refractivity contribution in [3.8, 4) is 0 Å². The lowest BCUT2D eigenvalue weighted by atomic mass is 9.54. The molecule has 1 saturated heterocycles. The van der Waals surface area contributed by atoms with Crippen molar-refractivity contribution in [2.24, 2.45) is 28.8 Å². The zero-order chi connectivity index (χ0) is 19.2. The molecule has 150 valence electrons. The molecule has 0 atom stereocenters. The predicted octanol–water partition coefficient (Wildman–Crippen LogP) is 1.97. The molecule has 5 rings (SSSR count). The second-order valence-electron chi connectivity index (χ2n) is 8.36. The highest BCUT2D eigenvalue weighted by atomic mass is 32.2. The number of hydrogen-bond donors (Lipinski definition) is 2. The monoisotopic (exact) mass is 396 g/mol. The number of rotatable bonds is 4. The molecular weight excluding hydrogens is 368 g/mol. The zero-order valence-corrected chi connectivity index (χ0v) is 16.5. The summed E-state index contributed by atoms with van der Waals surface area (Å²) >= 11 is 0. The van der Waals surface area contributed by atoms with Gasteiger partial charge in [-0.2, -0.15) is 5.10 Å². The topological polar surface area (TPSA) is 100 Å². The van der Waals surface area contributed by atoms with E-state index < -0.39 is 16.1 Å². The van der Waals surface area contributed by atoms with E-state index in [2.05, 4.69) is 21.9 Å². The van der Waals surface area contributed by atoms with Crippen molar-refractivity contribution >= 4 is 22.8 Å². The smallest absolute Gasteiger partial charge is 0.328 e. The molecule has 1 heterocycles. The van der Waals surface area contributed by atoms with E-state index in [-0.39, 0.29) is 16.8 Å². The Labute approximate surface area is 160 Å². The van der Waals surface area contributed by atoms with Crippen LogP contribution >= 0.6 is 0 Å². The lowest BCUT2D eigenvalue weighted by molar-refractivity contribution is -0.00919. The minimum atomic E-state index is -4.02. The molecule has 2 amide bonds. The fourth-order valence-corrected chi connectivity index (χ4v) is 6.48. The number of urea groups is 1.